The Morgan fingerprint density at radius 1 is 1.61 bits per heavy atom. The topological polar surface area (TPSA) is 76.1 Å². The molecule has 1 aliphatic rings. The van der Waals surface area contributed by atoms with Crippen LogP contribution in [-0.2, 0) is 4.74 Å². The van der Waals surface area contributed by atoms with Crippen LogP contribution in [0.2, 0.25) is 0 Å². The molecule has 1 fully saturated rings. The van der Waals surface area contributed by atoms with Gasteiger partial charge in [0.2, 0.25) is 5.82 Å². The number of nitrogens with zero attached hydrogens (tertiary/aromatic N) is 2. The molecule has 2 heterocycles. The summed E-state index contributed by atoms with van der Waals surface area (Å²) in [5, 5.41) is 6.56. The maximum atomic E-state index is 11.4. The summed E-state index contributed by atoms with van der Waals surface area (Å²) >= 11 is 0. The predicted octanol–water partition coefficient (Wildman–Crippen LogP) is 0.593. The van der Waals surface area contributed by atoms with Crippen LogP contribution in [-0.4, -0.2) is 42.7 Å². The van der Waals surface area contributed by atoms with E-state index in [0.29, 0.717) is 11.7 Å². The average molecular weight is 250 g/mol. The van der Waals surface area contributed by atoms with Crippen molar-refractivity contribution in [3.8, 4) is 0 Å². The number of nitrogens with one attached hydrogen (secondary N) is 2. The second-order valence-electron chi connectivity index (χ2n) is 4.45. The lowest BCUT2D eigenvalue weighted by Gasteiger charge is -2.11. The van der Waals surface area contributed by atoms with Gasteiger partial charge in [-0.25, -0.2) is 14.8 Å². The van der Waals surface area contributed by atoms with Crippen molar-refractivity contribution in [2.45, 2.75) is 13.3 Å². The van der Waals surface area contributed by atoms with E-state index >= 15 is 0 Å². The summed E-state index contributed by atoms with van der Waals surface area (Å²) in [7, 11) is 1.32. The molecule has 6 nitrogen and oxygen atoms in total. The average Bonchev–Trinajstić information content (AvgIpc) is 2.88. The van der Waals surface area contributed by atoms with Crippen molar-refractivity contribution >= 4 is 11.8 Å². The molecular weight excluding hydrogens is 232 g/mol. The number of carbonyl (C=O) groups excluding carboxylic acids is 1. The van der Waals surface area contributed by atoms with Crippen LogP contribution in [0.5, 0.6) is 0 Å². The molecule has 0 bridgehead atoms. The van der Waals surface area contributed by atoms with Crippen LogP contribution < -0.4 is 10.6 Å². The van der Waals surface area contributed by atoms with Crippen LogP contribution in [0.1, 0.15) is 22.7 Å². The first-order valence-electron chi connectivity index (χ1n) is 6.07. The summed E-state index contributed by atoms with van der Waals surface area (Å²) < 4.78 is 4.62. The maximum Gasteiger partial charge on any atom is 0.376 e. The minimum Gasteiger partial charge on any atom is -0.463 e. The van der Waals surface area contributed by atoms with Crippen molar-refractivity contribution in [2.75, 3.05) is 32.1 Å². The van der Waals surface area contributed by atoms with E-state index in [1.165, 1.54) is 13.5 Å². The predicted molar refractivity (Wildman–Crippen MR) is 67.6 cm³/mol. The zero-order valence-electron chi connectivity index (χ0n) is 10.7. The summed E-state index contributed by atoms with van der Waals surface area (Å²) in [6.07, 6.45) is 1.17. The number of aryl methyl sites for hydroxylation is 1. The van der Waals surface area contributed by atoms with Gasteiger partial charge >= 0.3 is 5.97 Å². The van der Waals surface area contributed by atoms with Crippen molar-refractivity contribution in [2.24, 2.45) is 5.92 Å². The van der Waals surface area contributed by atoms with Crippen LogP contribution in [0.4, 0.5) is 5.82 Å². The van der Waals surface area contributed by atoms with Crippen LogP contribution in [0, 0.1) is 12.8 Å². The molecule has 0 saturated carbocycles. The van der Waals surface area contributed by atoms with Gasteiger partial charge in [0.25, 0.3) is 0 Å². The van der Waals surface area contributed by atoms with E-state index in [1.54, 1.807) is 0 Å². The van der Waals surface area contributed by atoms with Gasteiger partial charge in [0, 0.05) is 18.3 Å². The summed E-state index contributed by atoms with van der Waals surface area (Å²) in [4.78, 5) is 19.6. The fraction of sp³-hybridized carbons (Fsp3) is 0.583. The quantitative estimate of drug-likeness (QED) is 0.762. The fourth-order valence-corrected chi connectivity index (χ4v) is 1.98. The zero-order chi connectivity index (χ0) is 13.0. The molecule has 0 amide bonds. The van der Waals surface area contributed by atoms with Crippen LogP contribution in [0.25, 0.3) is 0 Å². The van der Waals surface area contributed by atoms with Crippen LogP contribution >= 0.6 is 0 Å². The minimum atomic E-state index is -0.510. The molecule has 2 rings (SSSR count). The third-order valence-electron chi connectivity index (χ3n) is 2.96. The highest BCUT2D eigenvalue weighted by molar-refractivity contribution is 5.85. The van der Waals surface area contributed by atoms with Gasteiger partial charge in [0.1, 0.15) is 5.82 Å². The standard InChI is InChI=1S/C12H18N4O2/c1-8-5-10(14-7-9-3-4-13-6-9)16-11(15-8)12(17)18-2/h5,9,13H,3-4,6-7H2,1-2H3,(H,14,15,16). The van der Waals surface area contributed by atoms with Crippen molar-refractivity contribution in [1.29, 1.82) is 0 Å². The second-order valence-corrected chi connectivity index (χ2v) is 4.45. The second kappa shape index (κ2) is 5.77. The molecule has 6 heteroatoms. The number of anilines is 1. The first kappa shape index (κ1) is 12.8. The molecular formula is C12H18N4O2. The van der Waals surface area contributed by atoms with Gasteiger partial charge in [-0.15, -0.1) is 0 Å². The Balaban J connectivity index is 2.02. The van der Waals surface area contributed by atoms with Crippen molar-refractivity contribution in [3.05, 3.63) is 17.6 Å². The summed E-state index contributed by atoms with van der Waals surface area (Å²) in [5.74, 6) is 0.880. The van der Waals surface area contributed by atoms with E-state index in [-0.39, 0.29) is 5.82 Å². The Kier molecular flexibility index (Phi) is 4.09. The number of hydrogen-bond donors (Lipinski definition) is 2. The number of carbonyl (C=O) groups is 1. The highest BCUT2D eigenvalue weighted by Crippen LogP contribution is 2.11. The van der Waals surface area contributed by atoms with Gasteiger partial charge < -0.3 is 15.4 Å². The van der Waals surface area contributed by atoms with Crippen molar-refractivity contribution in [1.82, 2.24) is 15.3 Å². The first-order chi connectivity index (χ1) is 8.69. The molecule has 1 aromatic heterocycles. The maximum absolute atomic E-state index is 11.4. The lowest BCUT2D eigenvalue weighted by molar-refractivity contribution is 0.0586. The highest BCUT2D eigenvalue weighted by Gasteiger charge is 2.15. The Morgan fingerprint density at radius 2 is 2.44 bits per heavy atom. The Bertz CT molecular complexity index is 430. The van der Waals surface area contributed by atoms with E-state index in [0.717, 1.165) is 25.3 Å². The zero-order valence-corrected chi connectivity index (χ0v) is 10.7. The van der Waals surface area contributed by atoms with Gasteiger partial charge in [-0.05, 0) is 32.4 Å². The molecule has 1 atom stereocenters. The van der Waals surface area contributed by atoms with E-state index in [1.807, 2.05) is 13.0 Å². The third-order valence-corrected chi connectivity index (χ3v) is 2.96. The van der Waals surface area contributed by atoms with Gasteiger partial charge in [-0.2, -0.15) is 0 Å². The lowest BCUT2D eigenvalue weighted by atomic mass is 10.1. The number of hydrogen-bond acceptors (Lipinski definition) is 6. The molecule has 1 aliphatic heterocycles. The Hall–Kier alpha value is -1.69. The van der Waals surface area contributed by atoms with Gasteiger partial charge in [0.15, 0.2) is 0 Å². The van der Waals surface area contributed by atoms with E-state index in [4.69, 9.17) is 0 Å². The van der Waals surface area contributed by atoms with Gasteiger partial charge in [0.05, 0.1) is 7.11 Å². The number of aromatic nitrogens is 2. The SMILES string of the molecule is COC(=O)c1nc(C)cc(NCC2CCNC2)n1. The van der Waals surface area contributed by atoms with Crippen LogP contribution in [0.3, 0.4) is 0 Å². The normalized spacial score (nSPS) is 18.7. The van der Waals surface area contributed by atoms with Gasteiger partial charge in [-0.1, -0.05) is 0 Å². The number of rotatable bonds is 4. The summed E-state index contributed by atoms with van der Waals surface area (Å²) in [5.41, 5.74) is 0.748. The number of ether oxygens (including phenoxy) is 1. The summed E-state index contributed by atoms with van der Waals surface area (Å²) in [6.45, 7) is 4.78. The van der Waals surface area contributed by atoms with E-state index in [9.17, 15) is 4.79 Å². The largest absolute Gasteiger partial charge is 0.463 e. The van der Waals surface area contributed by atoms with Crippen LogP contribution in [0.15, 0.2) is 6.07 Å². The molecule has 1 unspecified atom stereocenters. The molecule has 0 radical (unpaired) electrons. The van der Waals surface area contributed by atoms with Crippen molar-refractivity contribution in [3.63, 3.8) is 0 Å². The molecule has 98 valence electrons. The Morgan fingerprint density at radius 3 is 3.11 bits per heavy atom. The number of methoxy groups -OCH3 is 1. The van der Waals surface area contributed by atoms with Crippen molar-refractivity contribution < 1.29 is 9.53 Å². The van der Waals surface area contributed by atoms with Gasteiger partial charge in [-0.3, -0.25) is 0 Å². The fourth-order valence-electron chi connectivity index (χ4n) is 1.98. The monoisotopic (exact) mass is 250 g/mol. The molecule has 18 heavy (non-hydrogen) atoms. The first-order valence-corrected chi connectivity index (χ1v) is 6.07. The molecule has 1 saturated heterocycles. The molecule has 1 aromatic rings. The summed E-state index contributed by atoms with van der Waals surface area (Å²) in [6, 6.07) is 1.83. The van der Waals surface area contributed by atoms with E-state index < -0.39 is 5.97 Å². The molecule has 0 aliphatic carbocycles. The highest BCUT2D eigenvalue weighted by atomic mass is 16.5. The molecule has 0 aromatic carbocycles. The Labute approximate surface area is 106 Å². The molecule has 2 N–H and O–H groups in total. The minimum absolute atomic E-state index is 0.101. The smallest absolute Gasteiger partial charge is 0.376 e. The van der Waals surface area contributed by atoms with E-state index in [2.05, 4.69) is 25.3 Å². The lowest BCUT2D eigenvalue weighted by Crippen LogP contribution is -2.19. The molecule has 0 spiro atoms. The number of esters is 1. The third kappa shape index (κ3) is 3.16.